The highest BCUT2D eigenvalue weighted by Gasteiger charge is 2.50. The van der Waals surface area contributed by atoms with E-state index in [2.05, 4.69) is 69.0 Å². The Bertz CT molecular complexity index is 2000. The molecule has 5 rings (SSSR count). The highest BCUT2D eigenvalue weighted by atomic mass is 32.2. The van der Waals surface area contributed by atoms with Crippen molar-refractivity contribution in [2.45, 2.75) is 96.6 Å². The fourth-order valence-electron chi connectivity index (χ4n) is 9.21. The molecule has 12 heteroatoms. The van der Waals surface area contributed by atoms with Gasteiger partial charge in [0.2, 0.25) is 0 Å². The molecular weight excluding hydrogens is 747 g/mol. The Morgan fingerprint density at radius 3 is 2.50 bits per heavy atom. The van der Waals surface area contributed by atoms with Crippen LogP contribution in [0.15, 0.2) is 70.2 Å². The smallest absolute Gasteiger partial charge is 0.355 e. The van der Waals surface area contributed by atoms with Gasteiger partial charge >= 0.3 is 5.97 Å². The number of carbonyl (C=O) groups excluding carboxylic acids is 1. The summed E-state index contributed by atoms with van der Waals surface area (Å²) in [6.07, 6.45) is 8.03. The van der Waals surface area contributed by atoms with Crippen LogP contribution in [0.25, 0.3) is 5.57 Å². The van der Waals surface area contributed by atoms with Crippen molar-refractivity contribution in [1.82, 2.24) is 20.5 Å². The minimum Gasteiger partial charge on any atom is -0.476 e. The lowest BCUT2D eigenvalue weighted by molar-refractivity contribution is -0.144. The first-order valence-corrected chi connectivity index (χ1v) is 21.5. The summed E-state index contributed by atoms with van der Waals surface area (Å²) in [5, 5.41) is 25.6. The summed E-state index contributed by atoms with van der Waals surface area (Å²) in [6.45, 7) is 18.1. The second-order valence-electron chi connectivity index (χ2n) is 17.0. The number of thioether (sulfide) groups is 1. The number of aromatic nitrogens is 1. The molecule has 1 aliphatic carbocycles. The molecule has 1 fully saturated rings. The van der Waals surface area contributed by atoms with Crippen LogP contribution in [-0.2, 0) is 17.7 Å². The summed E-state index contributed by atoms with van der Waals surface area (Å²) < 4.78 is 6.82. The number of pyridine rings is 1. The normalized spacial score (nSPS) is 22.2. The van der Waals surface area contributed by atoms with Crippen molar-refractivity contribution in [3.63, 3.8) is 0 Å². The molecule has 2 aromatic carbocycles. The summed E-state index contributed by atoms with van der Waals surface area (Å²) in [4.78, 5) is 40.2. The maximum Gasteiger partial charge on any atom is 0.355 e. The molecule has 0 saturated heterocycles. The van der Waals surface area contributed by atoms with Crippen molar-refractivity contribution in [2.24, 2.45) is 15.8 Å². The van der Waals surface area contributed by atoms with Gasteiger partial charge in [-0.15, -0.1) is 11.8 Å². The number of aliphatic imine (C=N–C) groups is 1. The Labute approximate surface area is 349 Å². The van der Waals surface area contributed by atoms with Crippen LogP contribution in [0, 0.1) is 16.2 Å². The van der Waals surface area contributed by atoms with Gasteiger partial charge in [0, 0.05) is 59.7 Å². The molecule has 3 aromatic rings. The molecule has 1 amide bonds. The van der Waals surface area contributed by atoms with Crippen LogP contribution in [0.5, 0.6) is 0 Å². The predicted molar refractivity (Wildman–Crippen MR) is 238 cm³/mol. The number of carbonyl (C=O) groups is 2. The summed E-state index contributed by atoms with van der Waals surface area (Å²) in [7, 11) is 4.15. The number of amides is 1. The number of aromatic carboxylic acids is 1. The second-order valence-corrected chi connectivity index (χ2v) is 18.0. The number of fused-ring (bicyclic) bond motifs is 1. The number of allylic oxidation sites excluding steroid dienone is 2. The van der Waals surface area contributed by atoms with Gasteiger partial charge in [0.05, 0.1) is 23.8 Å². The number of carboxylic acids is 1. The number of rotatable bonds is 19. The number of carboxylic acid groups (broad SMARTS) is 1. The van der Waals surface area contributed by atoms with Crippen LogP contribution in [0.1, 0.15) is 111 Å². The van der Waals surface area contributed by atoms with Gasteiger partial charge in [0.15, 0.2) is 5.69 Å². The van der Waals surface area contributed by atoms with Gasteiger partial charge in [-0.2, -0.15) is 0 Å². The van der Waals surface area contributed by atoms with E-state index < -0.39 is 5.97 Å². The Morgan fingerprint density at radius 2 is 1.81 bits per heavy atom. The highest BCUT2D eigenvalue weighted by molar-refractivity contribution is 7.99. The molecular formula is C46H63N7O4S. The maximum atomic E-state index is 13.5. The number of nitrogens with one attached hydrogen (secondary N) is 3. The van der Waals surface area contributed by atoms with Crippen molar-refractivity contribution < 1.29 is 19.4 Å². The Morgan fingerprint density at radius 1 is 1.05 bits per heavy atom. The van der Waals surface area contributed by atoms with E-state index in [1.165, 1.54) is 18.0 Å². The molecule has 3 atom stereocenters. The zero-order valence-electron chi connectivity index (χ0n) is 35.5. The van der Waals surface area contributed by atoms with Gasteiger partial charge in [-0.1, -0.05) is 64.8 Å². The van der Waals surface area contributed by atoms with Crippen molar-refractivity contribution in [2.75, 3.05) is 51.1 Å². The fourth-order valence-corrected chi connectivity index (χ4v) is 10.0. The largest absolute Gasteiger partial charge is 0.476 e. The summed E-state index contributed by atoms with van der Waals surface area (Å²) >= 11 is 1.48. The zero-order chi connectivity index (χ0) is 42.1. The maximum absolute atomic E-state index is 13.5. The molecule has 0 spiro atoms. The van der Waals surface area contributed by atoms with Gasteiger partial charge in [0.1, 0.15) is 5.82 Å². The second kappa shape index (κ2) is 19.5. The molecule has 0 bridgehead atoms. The summed E-state index contributed by atoms with van der Waals surface area (Å²) in [5.41, 5.74) is 4.66. The number of hydrogen-bond donors (Lipinski definition) is 4. The first-order chi connectivity index (χ1) is 27.7. The number of likely N-dealkylation sites (N-methyl/N-ethyl adjacent to an activating group) is 1. The number of ether oxygens (including phenoxy) is 1. The average Bonchev–Trinajstić information content (AvgIpc) is 3.19. The van der Waals surface area contributed by atoms with Crippen LogP contribution in [0.2, 0.25) is 0 Å². The molecule has 58 heavy (non-hydrogen) atoms. The lowest BCUT2D eigenvalue weighted by Gasteiger charge is -2.54. The number of nitrogens with zero attached hydrogens (tertiary/aromatic N) is 4. The lowest BCUT2D eigenvalue weighted by atomic mass is 9.56. The monoisotopic (exact) mass is 809 g/mol. The summed E-state index contributed by atoms with van der Waals surface area (Å²) in [6, 6.07) is 17.0. The quantitative estimate of drug-likeness (QED) is 0.0531. The van der Waals surface area contributed by atoms with Gasteiger partial charge < -0.3 is 35.7 Å². The van der Waals surface area contributed by atoms with Crippen LogP contribution in [0.4, 0.5) is 11.5 Å². The molecule has 2 aliphatic rings. The van der Waals surface area contributed by atoms with Gasteiger partial charge in [-0.05, 0) is 112 Å². The molecule has 11 nitrogen and oxygen atoms in total. The van der Waals surface area contributed by atoms with Crippen molar-refractivity contribution in [3.8, 4) is 0 Å². The minimum absolute atomic E-state index is 0.0873. The Balaban J connectivity index is 1.34. The Hall–Kier alpha value is -4.52. The molecule has 3 unspecified atom stereocenters. The van der Waals surface area contributed by atoms with Crippen molar-refractivity contribution >= 4 is 53.6 Å². The van der Waals surface area contributed by atoms with Gasteiger partial charge in [0.25, 0.3) is 5.91 Å². The lowest BCUT2D eigenvalue weighted by Crippen LogP contribution is -2.52. The molecule has 4 N–H and O–H groups in total. The van der Waals surface area contributed by atoms with Crippen LogP contribution >= 0.6 is 11.8 Å². The third-order valence-electron chi connectivity index (χ3n) is 11.9. The predicted octanol–water partition coefficient (Wildman–Crippen LogP) is 8.85. The van der Waals surface area contributed by atoms with E-state index in [9.17, 15) is 14.7 Å². The molecule has 1 aromatic heterocycles. The molecule has 1 aliphatic heterocycles. The SMILES string of the molecule is C=Nc1ccccc1SCNC(=O)c1cccc2c1CN(c1ccc(/C(C=N)=C(\C)NCC3(C)CC(C)(CC)CC(CCC)(OCCN(C)C)C3)c(C(=O)O)n1)CC2. The average molecular weight is 810 g/mol. The van der Waals surface area contributed by atoms with Crippen LogP contribution < -0.4 is 15.5 Å². The van der Waals surface area contributed by atoms with Crippen molar-refractivity contribution in [3.05, 3.63) is 88.2 Å². The van der Waals surface area contributed by atoms with Crippen molar-refractivity contribution in [1.29, 1.82) is 5.41 Å². The minimum atomic E-state index is -1.16. The van der Waals surface area contributed by atoms with Crippen LogP contribution in [0.3, 0.4) is 0 Å². The fraction of sp³-hybridized carbons (Fsp3) is 0.500. The van der Waals surface area contributed by atoms with E-state index in [0.717, 1.165) is 72.5 Å². The van der Waals surface area contributed by atoms with E-state index in [0.29, 0.717) is 61.1 Å². The van der Waals surface area contributed by atoms with Gasteiger partial charge in [-0.25, -0.2) is 9.78 Å². The zero-order valence-corrected chi connectivity index (χ0v) is 36.4. The summed E-state index contributed by atoms with van der Waals surface area (Å²) in [5.74, 6) is -0.466. The van der Waals surface area contributed by atoms with E-state index >= 15 is 0 Å². The molecule has 1 saturated carbocycles. The number of para-hydroxylation sites is 1. The molecule has 2 heterocycles. The third kappa shape index (κ3) is 10.7. The highest BCUT2D eigenvalue weighted by Crippen LogP contribution is 2.54. The topological polar surface area (TPSA) is 143 Å². The first-order valence-electron chi connectivity index (χ1n) is 20.5. The van der Waals surface area contributed by atoms with E-state index in [-0.39, 0.29) is 28.0 Å². The van der Waals surface area contributed by atoms with Crippen LogP contribution in [-0.4, -0.2) is 91.6 Å². The molecule has 0 radical (unpaired) electrons. The third-order valence-corrected chi connectivity index (χ3v) is 12.8. The Kier molecular flexibility index (Phi) is 15.0. The number of benzene rings is 2. The van der Waals surface area contributed by atoms with Gasteiger partial charge in [-0.3, -0.25) is 9.79 Å². The van der Waals surface area contributed by atoms with E-state index in [1.54, 1.807) is 6.07 Å². The number of anilines is 1. The molecule has 312 valence electrons. The van der Waals surface area contributed by atoms with E-state index in [4.69, 9.17) is 15.1 Å². The first kappa shape index (κ1) is 44.6. The standard InChI is InChI=1S/C46H63N7O4S/c1-9-21-46(57-24-23-52(7)8)28-44(4,10-2)27-45(5,29-46)30-49-32(3)36(25-47)34-18-19-40(51-41(34)43(55)56)53-22-20-33-14-13-15-35(37(33)26-53)42(54)50-31-58-39-17-12-11-16-38(39)48-6/h11-19,25,47,49H,6,9-10,20-24,26-31H2,1-5,7-8H3,(H,50,54)(H,55,56)/b36-32+,47-25?. The van der Waals surface area contributed by atoms with E-state index in [1.807, 2.05) is 60.4 Å². The number of hydrogen-bond acceptors (Lipinski definition) is 10.